The Labute approximate surface area is 176 Å². The third-order valence-corrected chi connectivity index (χ3v) is 6.50. The van der Waals surface area contributed by atoms with E-state index in [4.69, 9.17) is 4.74 Å². The van der Waals surface area contributed by atoms with Crippen molar-refractivity contribution in [1.29, 1.82) is 0 Å². The molecule has 4 rings (SSSR count). The third kappa shape index (κ3) is 4.17. The van der Waals surface area contributed by atoms with Gasteiger partial charge in [-0.3, -0.25) is 9.52 Å². The predicted molar refractivity (Wildman–Crippen MR) is 117 cm³/mol. The minimum atomic E-state index is -3.86. The maximum absolute atomic E-state index is 13.1. The van der Waals surface area contributed by atoms with Gasteiger partial charge in [0.05, 0.1) is 28.4 Å². The summed E-state index contributed by atoms with van der Waals surface area (Å²) in [5.41, 5.74) is 0.589. The molecule has 3 aromatic rings. The lowest BCUT2D eigenvalue weighted by Gasteiger charge is -2.35. The number of amides is 1. The summed E-state index contributed by atoms with van der Waals surface area (Å²) in [4.78, 5) is 15.0. The standard InChI is InChI=1S/C23H24N2O4S/c1-16-14-25(15-17(2)29-16)23(26)21-9-5-6-10-22(21)24-30(27,28)20-12-11-18-7-3-4-8-19(18)13-20/h3-13,16-17,24H,14-15H2,1-2H3. The van der Waals surface area contributed by atoms with Crippen LogP contribution in [0, 0.1) is 0 Å². The fourth-order valence-electron chi connectivity index (χ4n) is 3.81. The number of hydrogen-bond donors (Lipinski definition) is 1. The topological polar surface area (TPSA) is 75.7 Å². The number of ether oxygens (including phenoxy) is 1. The fraction of sp³-hybridized carbons (Fsp3) is 0.261. The molecule has 1 amide bonds. The van der Waals surface area contributed by atoms with Crippen LogP contribution >= 0.6 is 0 Å². The second kappa shape index (κ2) is 8.08. The van der Waals surface area contributed by atoms with E-state index in [9.17, 15) is 13.2 Å². The molecule has 1 aliphatic rings. The number of anilines is 1. The van der Waals surface area contributed by atoms with Gasteiger partial charge in [-0.25, -0.2) is 8.42 Å². The number of hydrogen-bond acceptors (Lipinski definition) is 4. The molecule has 1 aliphatic heterocycles. The van der Waals surface area contributed by atoms with Crippen molar-refractivity contribution in [2.24, 2.45) is 0 Å². The SMILES string of the molecule is CC1CN(C(=O)c2ccccc2NS(=O)(=O)c2ccc3ccccc3c2)CC(C)O1. The molecule has 156 valence electrons. The van der Waals surface area contributed by atoms with E-state index in [0.717, 1.165) is 10.8 Å². The largest absolute Gasteiger partial charge is 0.372 e. The lowest BCUT2D eigenvalue weighted by Crippen LogP contribution is -2.48. The molecule has 30 heavy (non-hydrogen) atoms. The van der Waals surface area contributed by atoms with E-state index in [2.05, 4.69) is 4.72 Å². The molecule has 2 unspecified atom stereocenters. The number of carbonyl (C=O) groups is 1. The Hall–Kier alpha value is -2.90. The van der Waals surface area contributed by atoms with Crippen molar-refractivity contribution >= 4 is 32.4 Å². The number of sulfonamides is 1. The van der Waals surface area contributed by atoms with Gasteiger partial charge >= 0.3 is 0 Å². The van der Waals surface area contributed by atoms with E-state index >= 15 is 0 Å². The van der Waals surface area contributed by atoms with Crippen molar-refractivity contribution in [3.05, 3.63) is 72.3 Å². The van der Waals surface area contributed by atoms with E-state index in [-0.39, 0.29) is 28.7 Å². The Morgan fingerprint density at radius 1 is 0.933 bits per heavy atom. The summed E-state index contributed by atoms with van der Waals surface area (Å²) in [5, 5.41) is 1.80. The normalized spacial score (nSPS) is 19.6. The first kappa shape index (κ1) is 20.4. The molecular formula is C23H24N2O4S. The summed E-state index contributed by atoms with van der Waals surface area (Å²) in [6.45, 7) is 4.78. The predicted octanol–water partition coefficient (Wildman–Crippen LogP) is 3.89. The van der Waals surface area contributed by atoms with Gasteiger partial charge in [-0.2, -0.15) is 0 Å². The maximum atomic E-state index is 13.1. The minimum absolute atomic E-state index is 0.0702. The van der Waals surface area contributed by atoms with Crippen LogP contribution in [0.1, 0.15) is 24.2 Å². The number of benzene rings is 3. The monoisotopic (exact) mass is 424 g/mol. The number of carbonyl (C=O) groups excluding carboxylic acids is 1. The zero-order valence-electron chi connectivity index (χ0n) is 16.9. The Bertz CT molecular complexity index is 1180. The Morgan fingerprint density at radius 2 is 1.57 bits per heavy atom. The van der Waals surface area contributed by atoms with E-state index in [0.29, 0.717) is 18.7 Å². The first-order valence-corrected chi connectivity index (χ1v) is 11.4. The first-order chi connectivity index (χ1) is 14.3. The van der Waals surface area contributed by atoms with Crippen molar-refractivity contribution in [2.45, 2.75) is 31.0 Å². The average Bonchev–Trinajstić information content (AvgIpc) is 2.72. The second-order valence-corrected chi connectivity index (χ2v) is 9.31. The van der Waals surface area contributed by atoms with Gasteiger partial charge in [-0.05, 0) is 48.9 Å². The highest BCUT2D eigenvalue weighted by atomic mass is 32.2. The summed E-state index contributed by atoms with van der Waals surface area (Å²) in [6.07, 6.45) is -0.140. The van der Waals surface area contributed by atoms with Crippen LogP contribution in [0.4, 0.5) is 5.69 Å². The van der Waals surface area contributed by atoms with Gasteiger partial charge in [0.2, 0.25) is 0 Å². The fourth-order valence-corrected chi connectivity index (χ4v) is 4.93. The molecule has 0 aliphatic carbocycles. The van der Waals surface area contributed by atoms with Crippen molar-refractivity contribution in [2.75, 3.05) is 17.8 Å². The number of rotatable bonds is 4. The van der Waals surface area contributed by atoms with E-state index in [1.807, 2.05) is 38.1 Å². The van der Waals surface area contributed by atoms with Crippen molar-refractivity contribution < 1.29 is 17.9 Å². The molecule has 1 N–H and O–H groups in total. The summed E-state index contributed by atoms with van der Waals surface area (Å²) in [5.74, 6) is -0.214. The molecule has 0 aromatic heterocycles. The lowest BCUT2D eigenvalue weighted by molar-refractivity contribution is -0.0585. The zero-order valence-corrected chi connectivity index (χ0v) is 17.7. The van der Waals surface area contributed by atoms with Crippen molar-refractivity contribution in [3.63, 3.8) is 0 Å². The number of para-hydroxylation sites is 1. The van der Waals surface area contributed by atoms with Crippen LogP contribution in [0.3, 0.4) is 0 Å². The highest BCUT2D eigenvalue weighted by molar-refractivity contribution is 7.92. The van der Waals surface area contributed by atoms with Crippen LogP contribution in [0.25, 0.3) is 10.8 Å². The average molecular weight is 425 g/mol. The van der Waals surface area contributed by atoms with Gasteiger partial charge in [0.15, 0.2) is 0 Å². The molecule has 6 nitrogen and oxygen atoms in total. The number of nitrogens with zero attached hydrogens (tertiary/aromatic N) is 1. The van der Waals surface area contributed by atoms with Gasteiger partial charge in [0, 0.05) is 13.1 Å². The third-order valence-electron chi connectivity index (χ3n) is 5.14. The summed E-state index contributed by atoms with van der Waals surface area (Å²) >= 11 is 0. The number of fused-ring (bicyclic) bond motifs is 1. The van der Waals surface area contributed by atoms with Crippen molar-refractivity contribution in [1.82, 2.24) is 4.90 Å². The van der Waals surface area contributed by atoms with E-state index in [1.54, 1.807) is 47.4 Å². The van der Waals surface area contributed by atoms with E-state index in [1.165, 1.54) is 0 Å². The highest BCUT2D eigenvalue weighted by Crippen LogP contribution is 2.25. The summed E-state index contributed by atoms with van der Waals surface area (Å²) in [7, 11) is -3.86. The Kier molecular flexibility index (Phi) is 5.49. The van der Waals surface area contributed by atoms with Crippen LogP contribution in [0.5, 0.6) is 0 Å². The van der Waals surface area contributed by atoms with Crippen LogP contribution in [-0.4, -0.2) is 44.5 Å². The lowest BCUT2D eigenvalue weighted by atomic mass is 10.1. The molecule has 0 spiro atoms. The van der Waals surface area contributed by atoms with Gasteiger partial charge in [0.1, 0.15) is 0 Å². The quantitative estimate of drug-likeness (QED) is 0.689. The molecule has 2 atom stereocenters. The molecular weight excluding hydrogens is 400 g/mol. The molecule has 1 saturated heterocycles. The molecule has 3 aromatic carbocycles. The van der Waals surface area contributed by atoms with Crippen LogP contribution in [0.15, 0.2) is 71.6 Å². The zero-order chi connectivity index (χ0) is 21.3. The molecule has 7 heteroatoms. The summed E-state index contributed by atoms with van der Waals surface area (Å²) < 4.78 is 34.4. The van der Waals surface area contributed by atoms with E-state index < -0.39 is 10.0 Å². The number of nitrogens with one attached hydrogen (secondary N) is 1. The minimum Gasteiger partial charge on any atom is -0.372 e. The Balaban J connectivity index is 1.64. The first-order valence-electron chi connectivity index (χ1n) is 9.89. The smallest absolute Gasteiger partial charge is 0.261 e. The van der Waals surface area contributed by atoms with Gasteiger partial charge in [-0.1, -0.05) is 42.5 Å². The van der Waals surface area contributed by atoms with Crippen LogP contribution in [0.2, 0.25) is 0 Å². The van der Waals surface area contributed by atoms with Gasteiger partial charge < -0.3 is 9.64 Å². The highest BCUT2D eigenvalue weighted by Gasteiger charge is 2.28. The Morgan fingerprint density at radius 3 is 2.30 bits per heavy atom. The second-order valence-electron chi connectivity index (χ2n) is 7.63. The van der Waals surface area contributed by atoms with Crippen LogP contribution < -0.4 is 4.72 Å². The molecule has 1 heterocycles. The number of morpholine rings is 1. The van der Waals surface area contributed by atoms with Crippen LogP contribution in [-0.2, 0) is 14.8 Å². The molecule has 0 bridgehead atoms. The van der Waals surface area contributed by atoms with Gasteiger partial charge in [0.25, 0.3) is 15.9 Å². The molecule has 0 radical (unpaired) electrons. The summed E-state index contributed by atoms with van der Waals surface area (Å²) in [6, 6.07) is 19.2. The maximum Gasteiger partial charge on any atom is 0.261 e. The molecule has 0 saturated carbocycles. The van der Waals surface area contributed by atoms with Gasteiger partial charge in [-0.15, -0.1) is 0 Å². The van der Waals surface area contributed by atoms with Crippen molar-refractivity contribution in [3.8, 4) is 0 Å². The molecule has 1 fully saturated rings.